The molecule has 1 N–H and O–H groups in total. The highest BCUT2D eigenvalue weighted by molar-refractivity contribution is 5.99. The fourth-order valence-corrected chi connectivity index (χ4v) is 3.78. The quantitative estimate of drug-likeness (QED) is 0.549. The van der Waals surface area contributed by atoms with Crippen molar-refractivity contribution in [3.63, 3.8) is 0 Å². The molecule has 0 aliphatic carbocycles. The van der Waals surface area contributed by atoms with Crippen molar-refractivity contribution < 1.29 is 27.9 Å². The maximum atomic E-state index is 13.5. The number of carbonyl (C=O) groups is 3. The first-order valence-corrected chi connectivity index (χ1v) is 11.4. The SMILES string of the molecule is CCN1CCN(C(=O)N(Cc2ccc(C(=O)CNC(=O)C(F)F)cc2)c2ccc(OC)cc2)CC1. The van der Waals surface area contributed by atoms with Crippen LogP contribution >= 0.6 is 0 Å². The molecule has 35 heavy (non-hydrogen) atoms. The van der Waals surface area contributed by atoms with Crippen LogP contribution in [0.3, 0.4) is 0 Å². The number of anilines is 1. The average molecular weight is 489 g/mol. The Labute approximate surface area is 203 Å². The number of nitrogens with one attached hydrogen (secondary N) is 1. The third-order valence-corrected chi connectivity index (χ3v) is 5.94. The number of alkyl halides is 2. The number of rotatable bonds is 9. The van der Waals surface area contributed by atoms with Gasteiger partial charge in [0.2, 0.25) is 0 Å². The zero-order valence-electron chi connectivity index (χ0n) is 19.9. The van der Waals surface area contributed by atoms with Crippen LogP contribution < -0.4 is 15.0 Å². The summed E-state index contributed by atoms with van der Waals surface area (Å²) in [5.74, 6) is -1.29. The van der Waals surface area contributed by atoms with Crippen LogP contribution in [0.5, 0.6) is 5.75 Å². The van der Waals surface area contributed by atoms with E-state index in [-0.39, 0.29) is 18.1 Å². The van der Waals surface area contributed by atoms with Gasteiger partial charge >= 0.3 is 12.5 Å². The van der Waals surface area contributed by atoms with Gasteiger partial charge in [-0.05, 0) is 36.4 Å². The Morgan fingerprint density at radius 2 is 1.63 bits per heavy atom. The molecule has 3 amide bonds. The van der Waals surface area contributed by atoms with Gasteiger partial charge in [0.25, 0.3) is 5.91 Å². The van der Waals surface area contributed by atoms with Gasteiger partial charge in [0.1, 0.15) is 5.75 Å². The molecule has 1 fully saturated rings. The average Bonchev–Trinajstić information content (AvgIpc) is 2.90. The van der Waals surface area contributed by atoms with E-state index in [4.69, 9.17) is 4.74 Å². The number of carbonyl (C=O) groups excluding carboxylic acids is 3. The molecule has 0 atom stereocenters. The summed E-state index contributed by atoms with van der Waals surface area (Å²) < 4.78 is 29.8. The van der Waals surface area contributed by atoms with Crippen LogP contribution in [-0.2, 0) is 11.3 Å². The highest BCUT2D eigenvalue weighted by atomic mass is 19.3. The number of methoxy groups -OCH3 is 1. The third-order valence-electron chi connectivity index (χ3n) is 5.94. The van der Waals surface area contributed by atoms with Gasteiger partial charge in [-0.3, -0.25) is 14.5 Å². The predicted molar refractivity (Wildman–Crippen MR) is 128 cm³/mol. The summed E-state index contributed by atoms with van der Waals surface area (Å²) in [4.78, 5) is 42.5. The molecule has 1 aliphatic heterocycles. The lowest BCUT2D eigenvalue weighted by molar-refractivity contribution is -0.131. The lowest BCUT2D eigenvalue weighted by atomic mass is 10.1. The molecular formula is C25H30F2N4O4. The van der Waals surface area contributed by atoms with Gasteiger partial charge in [-0.25, -0.2) is 4.79 Å². The van der Waals surface area contributed by atoms with Crippen LogP contribution in [0.1, 0.15) is 22.8 Å². The normalized spacial score (nSPS) is 14.0. The molecule has 10 heteroatoms. The first kappa shape index (κ1) is 26.1. The van der Waals surface area contributed by atoms with E-state index < -0.39 is 24.7 Å². The highest BCUT2D eigenvalue weighted by Crippen LogP contribution is 2.23. The molecule has 0 unspecified atom stereocenters. The van der Waals surface area contributed by atoms with E-state index in [1.165, 1.54) is 0 Å². The Morgan fingerprint density at radius 3 is 2.17 bits per heavy atom. The van der Waals surface area contributed by atoms with Crippen molar-refractivity contribution in [3.8, 4) is 5.75 Å². The molecule has 0 bridgehead atoms. The van der Waals surface area contributed by atoms with Crippen LogP contribution in [0, 0.1) is 0 Å². The largest absolute Gasteiger partial charge is 0.497 e. The fraction of sp³-hybridized carbons (Fsp3) is 0.400. The van der Waals surface area contributed by atoms with E-state index in [9.17, 15) is 23.2 Å². The van der Waals surface area contributed by atoms with Crippen molar-refractivity contribution in [2.75, 3.05) is 51.3 Å². The van der Waals surface area contributed by atoms with Crippen LogP contribution in [0.2, 0.25) is 0 Å². The van der Waals surface area contributed by atoms with Crippen molar-refractivity contribution >= 4 is 23.4 Å². The molecule has 2 aromatic rings. The topological polar surface area (TPSA) is 82.2 Å². The van der Waals surface area contributed by atoms with Crippen LogP contribution in [0.15, 0.2) is 48.5 Å². The van der Waals surface area contributed by atoms with E-state index in [0.717, 1.165) is 25.2 Å². The minimum Gasteiger partial charge on any atom is -0.497 e. The van der Waals surface area contributed by atoms with Gasteiger partial charge in [0.15, 0.2) is 5.78 Å². The summed E-state index contributed by atoms with van der Waals surface area (Å²) in [5.41, 5.74) is 1.78. The van der Waals surface area contributed by atoms with Crippen LogP contribution in [-0.4, -0.2) is 80.3 Å². The first-order valence-electron chi connectivity index (χ1n) is 11.4. The molecule has 0 spiro atoms. The van der Waals surface area contributed by atoms with Crippen molar-refractivity contribution in [3.05, 3.63) is 59.7 Å². The Hall–Kier alpha value is -3.53. The maximum absolute atomic E-state index is 13.5. The first-order chi connectivity index (χ1) is 16.8. The maximum Gasteiger partial charge on any atom is 0.324 e. The summed E-state index contributed by atoms with van der Waals surface area (Å²) in [7, 11) is 1.58. The third kappa shape index (κ3) is 6.98. The number of ether oxygens (including phenoxy) is 1. The fourth-order valence-electron chi connectivity index (χ4n) is 3.78. The van der Waals surface area contributed by atoms with Gasteiger partial charge in [0, 0.05) is 37.4 Å². The number of hydrogen-bond acceptors (Lipinski definition) is 5. The summed E-state index contributed by atoms with van der Waals surface area (Å²) in [6, 6.07) is 13.7. The molecular weight excluding hydrogens is 458 g/mol. The summed E-state index contributed by atoms with van der Waals surface area (Å²) in [6.45, 7) is 5.71. The van der Waals surface area contributed by atoms with Crippen LogP contribution in [0.25, 0.3) is 0 Å². The molecule has 8 nitrogen and oxygen atoms in total. The van der Waals surface area contributed by atoms with Crippen molar-refractivity contribution in [2.24, 2.45) is 0 Å². The second-order valence-corrected chi connectivity index (χ2v) is 8.13. The van der Waals surface area contributed by atoms with Gasteiger partial charge in [-0.2, -0.15) is 8.78 Å². The van der Waals surface area contributed by atoms with Gasteiger partial charge in [0.05, 0.1) is 20.2 Å². The standard InChI is InChI=1S/C25H30F2N4O4/c1-3-29-12-14-30(15-13-29)25(34)31(20-8-10-21(35-2)11-9-20)17-18-4-6-19(7-5-18)22(32)16-28-24(33)23(26)27/h4-11,23H,3,12-17H2,1-2H3,(H,28,33). The molecule has 1 saturated heterocycles. The molecule has 2 aromatic carbocycles. The highest BCUT2D eigenvalue weighted by Gasteiger charge is 2.26. The monoisotopic (exact) mass is 488 g/mol. The zero-order valence-corrected chi connectivity index (χ0v) is 19.9. The molecule has 1 aliphatic rings. The van der Waals surface area contributed by atoms with E-state index in [2.05, 4.69) is 11.8 Å². The molecule has 3 rings (SSSR count). The van der Waals surface area contributed by atoms with Crippen molar-refractivity contribution in [1.82, 2.24) is 15.1 Å². The van der Waals surface area contributed by atoms with Crippen molar-refractivity contribution in [2.45, 2.75) is 19.9 Å². The molecule has 188 valence electrons. The summed E-state index contributed by atoms with van der Waals surface area (Å²) in [6.07, 6.45) is -3.17. The number of nitrogens with zero attached hydrogens (tertiary/aromatic N) is 3. The number of hydrogen-bond donors (Lipinski definition) is 1. The molecule has 0 saturated carbocycles. The number of piperazine rings is 1. The van der Waals surface area contributed by atoms with Crippen LogP contribution in [0.4, 0.5) is 19.3 Å². The second-order valence-electron chi connectivity index (χ2n) is 8.13. The van der Waals surface area contributed by atoms with Crippen molar-refractivity contribution in [1.29, 1.82) is 0 Å². The Balaban J connectivity index is 1.73. The van der Waals surface area contributed by atoms with Gasteiger partial charge in [-0.15, -0.1) is 0 Å². The lowest BCUT2D eigenvalue weighted by Gasteiger charge is -2.37. The number of halogens is 2. The number of Topliss-reactive ketones (excluding diaryl/α,β-unsaturated/α-hetero) is 1. The molecule has 0 aromatic heterocycles. The number of urea groups is 1. The van der Waals surface area contributed by atoms with E-state index >= 15 is 0 Å². The van der Waals surface area contributed by atoms with E-state index in [1.807, 2.05) is 22.3 Å². The molecule has 1 heterocycles. The minimum absolute atomic E-state index is 0.110. The predicted octanol–water partition coefficient (Wildman–Crippen LogP) is 3.02. The summed E-state index contributed by atoms with van der Waals surface area (Å²) in [5, 5.41) is 1.91. The number of ketones is 1. The lowest BCUT2D eigenvalue weighted by Crippen LogP contribution is -2.52. The Bertz CT molecular complexity index is 1010. The number of likely N-dealkylation sites (N-methyl/N-ethyl adjacent to an activating group) is 1. The Kier molecular flexibility index (Phi) is 9.13. The van der Waals surface area contributed by atoms with E-state index in [1.54, 1.807) is 48.4 Å². The smallest absolute Gasteiger partial charge is 0.324 e. The zero-order chi connectivity index (χ0) is 25.4. The summed E-state index contributed by atoms with van der Waals surface area (Å²) >= 11 is 0. The molecule has 0 radical (unpaired) electrons. The second kappa shape index (κ2) is 12.3. The van der Waals surface area contributed by atoms with Gasteiger partial charge in [-0.1, -0.05) is 31.2 Å². The van der Waals surface area contributed by atoms with Gasteiger partial charge < -0.3 is 19.9 Å². The Morgan fingerprint density at radius 1 is 1.00 bits per heavy atom. The van der Waals surface area contributed by atoms with E-state index in [0.29, 0.717) is 24.5 Å². The minimum atomic E-state index is -3.17. The number of amides is 3. The number of benzene rings is 2.